The molecule has 4 nitrogen and oxygen atoms in total. The molecular formula is C23H30N2O2. The van der Waals surface area contributed by atoms with Crippen molar-refractivity contribution < 1.29 is 9.53 Å². The van der Waals surface area contributed by atoms with Crippen molar-refractivity contribution in [2.45, 2.75) is 32.6 Å². The second-order valence-electron chi connectivity index (χ2n) is 7.32. The summed E-state index contributed by atoms with van der Waals surface area (Å²) < 4.78 is 5.77. The topological polar surface area (TPSA) is 41.6 Å². The summed E-state index contributed by atoms with van der Waals surface area (Å²) in [4.78, 5) is 14.3. The third kappa shape index (κ3) is 6.02. The number of hydrogen-bond acceptors (Lipinski definition) is 2. The Morgan fingerprint density at radius 1 is 1.07 bits per heavy atom. The van der Waals surface area contributed by atoms with Crippen LogP contribution in [0, 0.1) is 12.8 Å². The first-order valence-electron chi connectivity index (χ1n) is 9.97. The number of piperidine rings is 1. The van der Waals surface area contributed by atoms with Crippen molar-refractivity contribution in [3.8, 4) is 5.75 Å². The molecule has 1 saturated heterocycles. The van der Waals surface area contributed by atoms with E-state index in [1.165, 1.54) is 5.56 Å². The van der Waals surface area contributed by atoms with E-state index in [0.717, 1.165) is 50.1 Å². The average Bonchev–Trinajstić information content (AvgIpc) is 2.70. The van der Waals surface area contributed by atoms with Gasteiger partial charge in [-0.3, -0.25) is 0 Å². The van der Waals surface area contributed by atoms with E-state index in [2.05, 4.69) is 35.6 Å². The summed E-state index contributed by atoms with van der Waals surface area (Å²) in [6.45, 7) is 5.00. The van der Waals surface area contributed by atoms with Crippen molar-refractivity contribution in [3.05, 3.63) is 65.7 Å². The average molecular weight is 367 g/mol. The van der Waals surface area contributed by atoms with Gasteiger partial charge >= 0.3 is 6.03 Å². The fourth-order valence-electron chi connectivity index (χ4n) is 3.57. The number of aryl methyl sites for hydroxylation is 1. The van der Waals surface area contributed by atoms with Gasteiger partial charge in [0.05, 0.1) is 6.61 Å². The molecule has 3 rings (SSSR count). The van der Waals surface area contributed by atoms with Crippen molar-refractivity contribution in [2.75, 3.05) is 26.2 Å². The third-order valence-corrected chi connectivity index (χ3v) is 5.22. The molecule has 0 radical (unpaired) electrons. The number of rotatable bonds is 7. The summed E-state index contributed by atoms with van der Waals surface area (Å²) in [5.74, 6) is 1.60. The molecule has 1 N–H and O–H groups in total. The molecule has 0 aromatic heterocycles. The number of benzene rings is 2. The molecule has 0 atom stereocenters. The highest BCUT2D eigenvalue weighted by Crippen LogP contribution is 2.21. The first-order valence-corrected chi connectivity index (χ1v) is 9.97. The monoisotopic (exact) mass is 366 g/mol. The zero-order valence-electron chi connectivity index (χ0n) is 16.2. The van der Waals surface area contributed by atoms with Gasteiger partial charge in [-0.15, -0.1) is 0 Å². The molecule has 27 heavy (non-hydrogen) atoms. The predicted octanol–water partition coefficient (Wildman–Crippen LogP) is 4.43. The third-order valence-electron chi connectivity index (χ3n) is 5.22. The molecule has 2 aromatic rings. The Balaban J connectivity index is 1.30. The summed E-state index contributed by atoms with van der Waals surface area (Å²) in [5, 5.41) is 3.02. The normalized spacial score (nSPS) is 14.8. The number of likely N-dealkylation sites (tertiary alicyclic amines) is 1. The molecule has 0 spiro atoms. The van der Waals surface area contributed by atoms with E-state index in [1.54, 1.807) is 0 Å². The summed E-state index contributed by atoms with van der Waals surface area (Å²) >= 11 is 0. The van der Waals surface area contributed by atoms with Crippen LogP contribution in [0.3, 0.4) is 0 Å². The van der Waals surface area contributed by atoms with Gasteiger partial charge in [0, 0.05) is 19.6 Å². The van der Waals surface area contributed by atoms with Crippen LogP contribution >= 0.6 is 0 Å². The highest BCUT2D eigenvalue weighted by atomic mass is 16.5. The quantitative estimate of drug-likeness (QED) is 0.737. The molecule has 144 valence electrons. The van der Waals surface area contributed by atoms with Crippen LogP contribution in [0.1, 0.15) is 30.4 Å². The Morgan fingerprint density at radius 2 is 1.78 bits per heavy atom. The molecule has 4 heteroatoms. The number of nitrogens with one attached hydrogen (secondary N) is 1. The maximum absolute atomic E-state index is 12.3. The second kappa shape index (κ2) is 10.0. The van der Waals surface area contributed by atoms with E-state index in [9.17, 15) is 4.79 Å². The SMILES string of the molecule is Cc1ccccc1OCCCNC(=O)N1CCC(Cc2ccccc2)CC1. The van der Waals surface area contributed by atoms with Crippen molar-refractivity contribution in [1.29, 1.82) is 0 Å². The van der Waals surface area contributed by atoms with Gasteiger partial charge in [-0.1, -0.05) is 48.5 Å². The molecule has 1 heterocycles. The molecule has 1 fully saturated rings. The standard InChI is InChI=1S/C23H30N2O2/c1-19-8-5-6-11-22(19)27-17-7-14-24-23(26)25-15-12-21(13-16-25)18-20-9-3-2-4-10-20/h2-6,8-11,21H,7,12-18H2,1H3,(H,24,26). The Morgan fingerprint density at radius 3 is 2.52 bits per heavy atom. The Kier molecular flexibility index (Phi) is 7.14. The van der Waals surface area contributed by atoms with Crippen molar-refractivity contribution in [3.63, 3.8) is 0 Å². The number of amides is 2. The molecule has 2 amide bonds. The molecule has 1 aliphatic heterocycles. The first kappa shape index (κ1) is 19.3. The van der Waals surface area contributed by atoms with E-state index in [0.29, 0.717) is 19.1 Å². The molecule has 2 aromatic carbocycles. The van der Waals surface area contributed by atoms with Gasteiger partial charge in [0.1, 0.15) is 5.75 Å². The van der Waals surface area contributed by atoms with E-state index >= 15 is 0 Å². The lowest BCUT2D eigenvalue weighted by Gasteiger charge is -2.32. The van der Waals surface area contributed by atoms with Crippen LogP contribution in [0.2, 0.25) is 0 Å². The smallest absolute Gasteiger partial charge is 0.317 e. The van der Waals surface area contributed by atoms with Gasteiger partial charge < -0.3 is 15.0 Å². The van der Waals surface area contributed by atoms with Crippen LogP contribution in [0.25, 0.3) is 0 Å². The number of nitrogens with zero attached hydrogens (tertiary/aromatic N) is 1. The number of urea groups is 1. The number of hydrogen-bond donors (Lipinski definition) is 1. The molecule has 0 bridgehead atoms. The summed E-state index contributed by atoms with van der Waals surface area (Å²) in [6, 6.07) is 18.7. The van der Waals surface area contributed by atoms with Crippen LogP contribution in [0.4, 0.5) is 4.79 Å². The number of carbonyl (C=O) groups excluding carboxylic acids is 1. The van der Waals surface area contributed by atoms with Gasteiger partial charge in [0.25, 0.3) is 0 Å². The van der Waals surface area contributed by atoms with E-state index in [4.69, 9.17) is 4.74 Å². The molecule has 0 aliphatic carbocycles. The van der Waals surface area contributed by atoms with Crippen LogP contribution in [0.5, 0.6) is 5.75 Å². The molecule has 0 saturated carbocycles. The fraction of sp³-hybridized carbons (Fsp3) is 0.435. The number of ether oxygens (including phenoxy) is 1. The minimum absolute atomic E-state index is 0.0593. The highest BCUT2D eigenvalue weighted by molar-refractivity contribution is 5.74. The Labute approximate surface area is 162 Å². The fourth-order valence-corrected chi connectivity index (χ4v) is 3.57. The van der Waals surface area contributed by atoms with E-state index < -0.39 is 0 Å². The molecule has 1 aliphatic rings. The summed E-state index contributed by atoms with van der Waals surface area (Å²) in [5.41, 5.74) is 2.54. The first-order chi connectivity index (χ1) is 13.2. The summed E-state index contributed by atoms with van der Waals surface area (Å²) in [6.07, 6.45) is 4.09. The van der Waals surface area contributed by atoms with E-state index in [1.807, 2.05) is 36.1 Å². The van der Waals surface area contributed by atoms with Gasteiger partial charge in [0.15, 0.2) is 0 Å². The van der Waals surface area contributed by atoms with Gasteiger partial charge in [-0.05, 0) is 55.7 Å². The lowest BCUT2D eigenvalue weighted by Crippen LogP contribution is -2.45. The van der Waals surface area contributed by atoms with E-state index in [-0.39, 0.29) is 6.03 Å². The zero-order valence-corrected chi connectivity index (χ0v) is 16.2. The minimum atomic E-state index is 0.0593. The Bertz CT molecular complexity index is 709. The zero-order chi connectivity index (χ0) is 18.9. The lowest BCUT2D eigenvalue weighted by molar-refractivity contribution is 0.169. The minimum Gasteiger partial charge on any atom is -0.493 e. The van der Waals surface area contributed by atoms with Crippen molar-refractivity contribution in [1.82, 2.24) is 10.2 Å². The second-order valence-corrected chi connectivity index (χ2v) is 7.32. The highest BCUT2D eigenvalue weighted by Gasteiger charge is 2.22. The van der Waals surface area contributed by atoms with Gasteiger partial charge in [0.2, 0.25) is 0 Å². The van der Waals surface area contributed by atoms with Crippen LogP contribution in [-0.4, -0.2) is 37.2 Å². The van der Waals surface area contributed by atoms with Crippen molar-refractivity contribution in [2.24, 2.45) is 5.92 Å². The maximum Gasteiger partial charge on any atom is 0.317 e. The molecule has 0 unspecified atom stereocenters. The summed E-state index contributed by atoms with van der Waals surface area (Å²) in [7, 11) is 0. The van der Waals surface area contributed by atoms with Crippen LogP contribution in [0.15, 0.2) is 54.6 Å². The lowest BCUT2D eigenvalue weighted by atomic mass is 9.90. The number of carbonyl (C=O) groups is 1. The number of para-hydroxylation sites is 1. The van der Waals surface area contributed by atoms with Crippen LogP contribution in [-0.2, 0) is 6.42 Å². The molecular weight excluding hydrogens is 336 g/mol. The van der Waals surface area contributed by atoms with Crippen LogP contribution < -0.4 is 10.1 Å². The largest absolute Gasteiger partial charge is 0.493 e. The van der Waals surface area contributed by atoms with Gasteiger partial charge in [-0.2, -0.15) is 0 Å². The maximum atomic E-state index is 12.3. The van der Waals surface area contributed by atoms with Gasteiger partial charge in [-0.25, -0.2) is 4.79 Å². The van der Waals surface area contributed by atoms with Crippen molar-refractivity contribution >= 4 is 6.03 Å². The predicted molar refractivity (Wildman–Crippen MR) is 109 cm³/mol. The Hall–Kier alpha value is -2.49.